The van der Waals surface area contributed by atoms with E-state index in [1.807, 2.05) is 69.8 Å². The molecule has 7 heteroatoms. The maximum Gasteiger partial charge on any atom is 0.348 e. The second-order valence-corrected chi connectivity index (χ2v) is 6.94. The molecule has 0 saturated carbocycles. The number of hydrogen-bond acceptors (Lipinski definition) is 4. The van der Waals surface area contributed by atoms with Gasteiger partial charge in [-0.2, -0.15) is 5.10 Å². The Morgan fingerprint density at radius 3 is 2.45 bits per heavy atom. The first-order valence-electron chi connectivity index (χ1n) is 9.66. The first kappa shape index (κ1) is 20.3. The lowest BCUT2D eigenvalue weighted by Crippen LogP contribution is -2.15. The van der Waals surface area contributed by atoms with Crippen LogP contribution in [0.1, 0.15) is 39.2 Å². The minimum atomic E-state index is -0.404. The summed E-state index contributed by atoms with van der Waals surface area (Å²) >= 11 is 0. The van der Waals surface area contributed by atoms with Gasteiger partial charge in [0.1, 0.15) is 11.5 Å². The molecule has 0 aliphatic carbocycles. The number of nitrogens with one attached hydrogen (secondary N) is 1. The van der Waals surface area contributed by atoms with Crippen LogP contribution in [0.4, 0.5) is 0 Å². The van der Waals surface area contributed by atoms with E-state index in [1.54, 1.807) is 6.07 Å². The van der Waals surface area contributed by atoms with E-state index in [2.05, 4.69) is 10.2 Å². The average Bonchev–Trinajstić information content (AvgIpc) is 3.25. The molecular weight excluding hydrogens is 368 g/mol. The van der Waals surface area contributed by atoms with Crippen molar-refractivity contribution >= 4 is 10.9 Å². The summed E-state index contributed by atoms with van der Waals surface area (Å²) in [5, 5.41) is 28.0. The molecule has 0 amide bonds. The molecule has 0 atom stereocenters. The summed E-state index contributed by atoms with van der Waals surface area (Å²) in [4.78, 5) is 12.5. The van der Waals surface area contributed by atoms with Crippen LogP contribution in [0.3, 0.4) is 0 Å². The van der Waals surface area contributed by atoms with E-state index < -0.39 is 5.69 Å². The van der Waals surface area contributed by atoms with Gasteiger partial charge in [-0.15, -0.1) is 0 Å². The molecule has 4 rings (SSSR count). The number of hydrogen-bond donors (Lipinski definition) is 3. The predicted molar refractivity (Wildman–Crippen MR) is 115 cm³/mol. The molecule has 29 heavy (non-hydrogen) atoms. The lowest BCUT2D eigenvalue weighted by molar-refractivity contribution is 0.444. The zero-order chi connectivity index (χ0) is 21.3. The number of benzene rings is 2. The van der Waals surface area contributed by atoms with Crippen LogP contribution in [0.5, 0.6) is 11.5 Å². The Bertz CT molecular complexity index is 1210. The zero-order valence-corrected chi connectivity index (χ0v) is 17.3. The van der Waals surface area contributed by atoms with E-state index >= 15 is 0 Å². The Hall–Kier alpha value is -3.48. The molecule has 2 aromatic carbocycles. The van der Waals surface area contributed by atoms with Crippen molar-refractivity contribution in [3.63, 3.8) is 0 Å². The lowest BCUT2D eigenvalue weighted by Gasteiger charge is -2.13. The van der Waals surface area contributed by atoms with Gasteiger partial charge >= 0.3 is 5.69 Å². The molecule has 0 bridgehead atoms. The SMILES string of the molecule is CC.CC(C)c1cc(-c2n[nH]c(=O)n2-c2ccc3c(ccn3C)c2)c(O)cc1O. The third-order valence-corrected chi connectivity index (χ3v) is 4.81. The molecule has 2 aromatic heterocycles. The van der Waals surface area contributed by atoms with Crippen molar-refractivity contribution in [1.82, 2.24) is 19.3 Å². The standard InChI is InChI=1S/C20H20N4O3.C2H6/c1-11(2)14-9-15(18(26)10-17(14)25)19-21-22-20(27)24(19)13-4-5-16-12(8-13)6-7-23(16)3;1-2/h4-11,25-26H,1-3H3,(H,22,27);1-2H3. The highest BCUT2D eigenvalue weighted by Gasteiger charge is 2.19. The van der Waals surface area contributed by atoms with Crippen molar-refractivity contribution in [3.05, 3.63) is 58.6 Å². The fourth-order valence-corrected chi connectivity index (χ4v) is 3.36. The van der Waals surface area contributed by atoms with Gasteiger partial charge in [-0.3, -0.25) is 0 Å². The number of aryl methyl sites for hydroxylation is 1. The molecule has 0 saturated heterocycles. The van der Waals surface area contributed by atoms with Gasteiger partial charge in [-0.05, 0) is 41.8 Å². The Kier molecular flexibility index (Phi) is 5.50. The van der Waals surface area contributed by atoms with Gasteiger partial charge in [0.15, 0.2) is 5.82 Å². The molecule has 152 valence electrons. The molecule has 4 aromatic rings. The molecule has 0 aliphatic heterocycles. The molecule has 0 spiro atoms. The number of aromatic hydroxyl groups is 2. The Morgan fingerprint density at radius 1 is 1.03 bits per heavy atom. The number of aromatic nitrogens is 4. The Balaban J connectivity index is 0.00000117. The fourth-order valence-electron chi connectivity index (χ4n) is 3.36. The van der Waals surface area contributed by atoms with Crippen LogP contribution in [0, 0.1) is 0 Å². The van der Waals surface area contributed by atoms with Crippen LogP contribution in [0.25, 0.3) is 28.0 Å². The van der Waals surface area contributed by atoms with Crippen LogP contribution >= 0.6 is 0 Å². The highest BCUT2D eigenvalue weighted by Crippen LogP contribution is 2.37. The maximum absolute atomic E-state index is 12.5. The summed E-state index contributed by atoms with van der Waals surface area (Å²) in [6.07, 6.45) is 1.95. The van der Waals surface area contributed by atoms with Crippen molar-refractivity contribution in [1.29, 1.82) is 0 Å². The molecule has 2 heterocycles. The summed E-state index contributed by atoms with van der Waals surface area (Å²) in [7, 11) is 1.96. The van der Waals surface area contributed by atoms with Crippen molar-refractivity contribution < 1.29 is 10.2 Å². The zero-order valence-electron chi connectivity index (χ0n) is 17.3. The quantitative estimate of drug-likeness (QED) is 0.483. The number of fused-ring (bicyclic) bond motifs is 1. The molecule has 3 N–H and O–H groups in total. The van der Waals surface area contributed by atoms with Gasteiger partial charge in [-0.25, -0.2) is 14.5 Å². The van der Waals surface area contributed by atoms with Crippen LogP contribution < -0.4 is 5.69 Å². The van der Waals surface area contributed by atoms with E-state index in [-0.39, 0.29) is 23.2 Å². The van der Waals surface area contributed by atoms with Gasteiger partial charge in [0, 0.05) is 30.2 Å². The summed E-state index contributed by atoms with van der Waals surface area (Å²) < 4.78 is 3.42. The molecule has 0 unspecified atom stereocenters. The molecule has 7 nitrogen and oxygen atoms in total. The number of nitrogens with zero attached hydrogens (tertiary/aromatic N) is 3. The van der Waals surface area contributed by atoms with Gasteiger partial charge in [0.25, 0.3) is 0 Å². The molecule has 0 fully saturated rings. The molecule has 0 radical (unpaired) electrons. The summed E-state index contributed by atoms with van der Waals surface area (Å²) in [5.41, 5.74) is 2.33. The van der Waals surface area contributed by atoms with E-state index in [4.69, 9.17) is 0 Å². The second kappa shape index (κ2) is 7.87. The average molecular weight is 394 g/mol. The first-order chi connectivity index (χ1) is 13.9. The number of rotatable bonds is 3. The maximum atomic E-state index is 12.5. The smallest absolute Gasteiger partial charge is 0.348 e. The third-order valence-electron chi connectivity index (χ3n) is 4.81. The minimum Gasteiger partial charge on any atom is -0.508 e. The van der Waals surface area contributed by atoms with Crippen LogP contribution in [-0.2, 0) is 7.05 Å². The Morgan fingerprint density at radius 2 is 1.76 bits per heavy atom. The van der Waals surface area contributed by atoms with Crippen molar-refractivity contribution in [2.24, 2.45) is 7.05 Å². The molecule has 0 aliphatic rings. The third kappa shape index (κ3) is 3.51. The van der Waals surface area contributed by atoms with Crippen molar-refractivity contribution in [2.75, 3.05) is 0 Å². The minimum absolute atomic E-state index is 0.0152. The van der Waals surface area contributed by atoms with Crippen molar-refractivity contribution in [2.45, 2.75) is 33.6 Å². The summed E-state index contributed by atoms with van der Waals surface area (Å²) in [5.74, 6) is 0.207. The van der Waals surface area contributed by atoms with E-state index in [0.29, 0.717) is 16.8 Å². The lowest BCUT2D eigenvalue weighted by atomic mass is 9.98. The van der Waals surface area contributed by atoms with Gasteiger partial charge in [0.05, 0.1) is 11.3 Å². The monoisotopic (exact) mass is 394 g/mol. The van der Waals surface area contributed by atoms with Crippen molar-refractivity contribution in [3.8, 4) is 28.6 Å². The topological polar surface area (TPSA) is 96.1 Å². The van der Waals surface area contributed by atoms with E-state index in [1.165, 1.54) is 10.6 Å². The predicted octanol–water partition coefficient (Wildman–Crippen LogP) is 4.28. The van der Waals surface area contributed by atoms with Gasteiger partial charge in [0.2, 0.25) is 0 Å². The van der Waals surface area contributed by atoms with E-state index in [0.717, 1.165) is 10.9 Å². The van der Waals surface area contributed by atoms with Crippen LogP contribution in [0.15, 0.2) is 47.4 Å². The number of aromatic amines is 1. The summed E-state index contributed by atoms with van der Waals surface area (Å²) in [6, 6.07) is 10.6. The highest BCUT2D eigenvalue weighted by atomic mass is 16.3. The summed E-state index contributed by atoms with van der Waals surface area (Å²) in [6.45, 7) is 7.88. The van der Waals surface area contributed by atoms with Crippen LogP contribution in [-0.4, -0.2) is 29.5 Å². The number of H-pyrrole nitrogens is 1. The second-order valence-electron chi connectivity index (χ2n) is 6.94. The normalized spacial score (nSPS) is 11.0. The first-order valence-corrected chi connectivity index (χ1v) is 9.66. The fraction of sp³-hybridized carbons (Fsp3) is 0.273. The Labute approximate surface area is 168 Å². The van der Waals surface area contributed by atoms with Gasteiger partial charge < -0.3 is 14.8 Å². The largest absolute Gasteiger partial charge is 0.508 e. The van der Waals surface area contributed by atoms with Gasteiger partial charge in [-0.1, -0.05) is 27.7 Å². The highest BCUT2D eigenvalue weighted by molar-refractivity contribution is 5.82. The van der Waals surface area contributed by atoms with Crippen LogP contribution in [0.2, 0.25) is 0 Å². The van der Waals surface area contributed by atoms with E-state index in [9.17, 15) is 15.0 Å². The number of phenols is 2. The molecular formula is C22H26N4O3. The number of phenolic OH excluding ortho intramolecular Hbond substituents is 2.